The van der Waals surface area contributed by atoms with Crippen LogP contribution < -0.4 is 14.8 Å². The van der Waals surface area contributed by atoms with Gasteiger partial charge in [-0.2, -0.15) is 0 Å². The van der Waals surface area contributed by atoms with Crippen LogP contribution in [0.2, 0.25) is 0 Å². The van der Waals surface area contributed by atoms with E-state index in [1.54, 1.807) is 18.9 Å². The van der Waals surface area contributed by atoms with Gasteiger partial charge in [0, 0.05) is 5.75 Å². The summed E-state index contributed by atoms with van der Waals surface area (Å²) >= 11 is 1.56. The lowest BCUT2D eigenvalue weighted by molar-refractivity contribution is -0.115. The summed E-state index contributed by atoms with van der Waals surface area (Å²) < 4.78 is 10.9. The smallest absolute Gasteiger partial charge is 0.237 e. The highest BCUT2D eigenvalue weighted by atomic mass is 32.2. The van der Waals surface area contributed by atoms with Crippen LogP contribution in [0.4, 0.5) is 5.69 Å². The van der Waals surface area contributed by atoms with Crippen molar-refractivity contribution in [2.45, 2.75) is 19.1 Å². The largest absolute Gasteiger partial charge is 0.495 e. The Morgan fingerprint density at radius 3 is 2.67 bits per heavy atom. The highest BCUT2D eigenvalue weighted by Gasteiger charge is 2.15. The Morgan fingerprint density at radius 2 is 1.96 bits per heavy atom. The number of anilines is 1. The highest BCUT2D eigenvalue weighted by molar-refractivity contribution is 8.00. The quantitative estimate of drug-likeness (QED) is 0.731. The fourth-order valence-corrected chi connectivity index (χ4v) is 2.87. The van der Waals surface area contributed by atoms with E-state index in [2.05, 4.69) is 5.32 Å². The van der Waals surface area contributed by atoms with Crippen molar-refractivity contribution in [3.63, 3.8) is 0 Å². The van der Waals surface area contributed by atoms with E-state index >= 15 is 0 Å². The number of thioether (sulfide) groups is 1. The topological polar surface area (TPSA) is 47.6 Å². The van der Waals surface area contributed by atoms with E-state index in [1.165, 1.54) is 0 Å². The van der Waals surface area contributed by atoms with Crippen molar-refractivity contribution < 1.29 is 14.3 Å². The van der Waals surface area contributed by atoms with Crippen molar-refractivity contribution in [3.8, 4) is 11.5 Å². The predicted molar refractivity (Wildman–Crippen MR) is 100 cm³/mol. The van der Waals surface area contributed by atoms with Gasteiger partial charge in [-0.05, 0) is 43.7 Å². The molecule has 0 saturated carbocycles. The van der Waals surface area contributed by atoms with Gasteiger partial charge in [0.15, 0.2) is 0 Å². The number of carbonyl (C=O) groups is 1. The van der Waals surface area contributed by atoms with Gasteiger partial charge in [0.25, 0.3) is 0 Å². The predicted octanol–water partition coefficient (Wildman–Crippen LogP) is 4.14. The molecule has 4 nitrogen and oxygen atoms in total. The third-order valence-corrected chi connectivity index (χ3v) is 4.56. The van der Waals surface area contributed by atoms with Gasteiger partial charge in [0.2, 0.25) is 5.91 Å². The molecule has 1 amide bonds. The first kappa shape index (κ1) is 18.2. The van der Waals surface area contributed by atoms with E-state index in [9.17, 15) is 4.79 Å². The van der Waals surface area contributed by atoms with Crippen LogP contribution >= 0.6 is 11.8 Å². The molecule has 2 aromatic carbocycles. The summed E-state index contributed by atoms with van der Waals surface area (Å²) in [6, 6.07) is 15.4. The molecule has 0 aliphatic rings. The summed E-state index contributed by atoms with van der Waals surface area (Å²) in [5.41, 5.74) is 1.78. The van der Waals surface area contributed by atoms with Crippen LogP contribution in [-0.2, 0) is 4.79 Å². The second-order valence-electron chi connectivity index (χ2n) is 5.37. The molecule has 0 aliphatic carbocycles. The number of rotatable bonds is 8. The molecule has 0 aliphatic heterocycles. The first-order valence-electron chi connectivity index (χ1n) is 7.85. The Hall–Kier alpha value is -2.14. The van der Waals surface area contributed by atoms with E-state index in [-0.39, 0.29) is 11.2 Å². The molecule has 5 heteroatoms. The number of hydrogen-bond acceptors (Lipinski definition) is 4. The van der Waals surface area contributed by atoms with Gasteiger partial charge < -0.3 is 14.8 Å². The van der Waals surface area contributed by atoms with Gasteiger partial charge in [-0.15, -0.1) is 11.8 Å². The Morgan fingerprint density at radius 1 is 1.21 bits per heavy atom. The monoisotopic (exact) mass is 345 g/mol. The fraction of sp³-hybridized carbons (Fsp3) is 0.316. The number of para-hydroxylation sites is 1. The molecule has 2 rings (SSSR count). The molecule has 128 valence electrons. The van der Waals surface area contributed by atoms with E-state index in [4.69, 9.17) is 9.47 Å². The normalized spacial score (nSPS) is 11.6. The van der Waals surface area contributed by atoms with Gasteiger partial charge in [-0.3, -0.25) is 4.79 Å². The Kier molecular flexibility index (Phi) is 7.00. The van der Waals surface area contributed by atoms with Crippen molar-refractivity contribution >= 4 is 23.4 Å². The van der Waals surface area contributed by atoms with Gasteiger partial charge in [-0.25, -0.2) is 0 Å². The molecule has 0 bridgehead atoms. The first-order valence-corrected chi connectivity index (χ1v) is 8.90. The molecule has 2 aromatic rings. The first-order chi connectivity index (χ1) is 11.6. The minimum atomic E-state index is -0.172. The maximum atomic E-state index is 12.3. The molecule has 0 saturated heterocycles. The van der Waals surface area contributed by atoms with Crippen LogP contribution in [-0.4, -0.2) is 30.6 Å². The zero-order chi connectivity index (χ0) is 17.4. The molecule has 24 heavy (non-hydrogen) atoms. The average Bonchev–Trinajstić information content (AvgIpc) is 2.59. The van der Waals surface area contributed by atoms with Crippen molar-refractivity contribution in [2.24, 2.45) is 0 Å². The fourth-order valence-electron chi connectivity index (χ4n) is 2.13. The lowest BCUT2D eigenvalue weighted by atomic mass is 10.2. The van der Waals surface area contributed by atoms with Gasteiger partial charge in [0.05, 0.1) is 24.7 Å². The van der Waals surface area contributed by atoms with Crippen LogP contribution in [0.1, 0.15) is 12.5 Å². The van der Waals surface area contributed by atoms with Crippen molar-refractivity contribution in [2.75, 3.05) is 24.8 Å². The van der Waals surface area contributed by atoms with Gasteiger partial charge >= 0.3 is 0 Å². The molecule has 0 heterocycles. The van der Waals surface area contributed by atoms with Crippen molar-refractivity contribution in [1.82, 2.24) is 0 Å². The summed E-state index contributed by atoms with van der Waals surface area (Å²) in [7, 11) is 1.60. The van der Waals surface area contributed by atoms with Crippen LogP contribution in [0, 0.1) is 6.92 Å². The zero-order valence-corrected chi connectivity index (χ0v) is 15.1. The van der Waals surface area contributed by atoms with Crippen LogP contribution in [0.25, 0.3) is 0 Å². The summed E-state index contributed by atoms with van der Waals surface area (Å²) in [6.07, 6.45) is 0. The summed E-state index contributed by atoms with van der Waals surface area (Å²) in [5, 5.41) is 2.76. The van der Waals surface area contributed by atoms with Crippen LogP contribution in [0.15, 0.2) is 48.5 Å². The van der Waals surface area contributed by atoms with Gasteiger partial charge in [-0.1, -0.05) is 24.3 Å². The molecular formula is C19H23NO3S. The number of hydrogen-bond donors (Lipinski definition) is 1. The summed E-state index contributed by atoms with van der Waals surface area (Å²) in [4.78, 5) is 12.3. The molecule has 0 spiro atoms. The maximum Gasteiger partial charge on any atom is 0.237 e. The average molecular weight is 345 g/mol. The number of amides is 1. The summed E-state index contributed by atoms with van der Waals surface area (Å²) in [6.45, 7) is 4.44. The van der Waals surface area contributed by atoms with Crippen LogP contribution in [0.3, 0.4) is 0 Å². The zero-order valence-electron chi connectivity index (χ0n) is 14.2. The van der Waals surface area contributed by atoms with Crippen molar-refractivity contribution in [1.29, 1.82) is 0 Å². The number of nitrogens with one attached hydrogen (secondary N) is 1. The SMILES string of the molecule is COc1ccc(C)cc1NC(=O)C(C)SCCOc1ccccc1. The standard InChI is InChI=1S/C19H23NO3S/c1-14-9-10-18(22-3)17(13-14)20-19(21)15(2)24-12-11-23-16-7-5-4-6-8-16/h4-10,13,15H,11-12H2,1-3H3,(H,20,21). The Bertz CT molecular complexity index is 661. The molecule has 0 aromatic heterocycles. The number of methoxy groups -OCH3 is 1. The molecule has 0 radical (unpaired) electrons. The molecule has 0 fully saturated rings. The molecular weight excluding hydrogens is 322 g/mol. The van der Waals surface area contributed by atoms with E-state index in [1.807, 2.05) is 62.4 Å². The second kappa shape index (κ2) is 9.23. The van der Waals surface area contributed by atoms with E-state index in [0.717, 1.165) is 17.1 Å². The lowest BCUT2D eigenvalue weighted by Crippen LogP contribution is -2.23. The minimum absolute atomic E-state index is 0.0383. The number of aryl methyl sites for hydroxylation is 1. The van der Waals surface area contributed by atoms with Gasteiger partial charge in [0.1, 0.15) is 11.5 Å². The van der Waals surface area contributed by atoms with Crippen molar-refractivity contribution in [3.05, 3.63) is 54.1 Å². The Balaban J connectivity index is 1.79. The maximum absolute atomic E-state index is 12.3. The molecule has 1 atom stereocenters. The number of ether oxygens (including phenoxy) is 2. The second-order valence-corrected chi connectivity index (χ2v) is 6.82. The molecule has 1 unspecified atom stereocenters. The number of benzene rings is 2. The third-order valence-electron chi connectivity index (χ3n) is 3.45. The number of carbonyl (C=O) groups excluding carboxylic acids is 1. The lowest BCUT2D eigenvalue weighted by Gasteiger charge is -2.15. The van der Waals surface area contributed by atoms with E-state index in [0.29, 0.717) is 18.0 Å². The Labute approximate surface area is 147 Å². The van der Waals surface area contributed by atoms with E-state index < -0.39 is 0 Å². The summed E-state index contributed by atoms with van der Waals surface area (Å²) in [5.74, 6) is 2.22. The molecule has 1 N–H and O–H groups in total. The van der Waals surface area contributed by atoms with Crippen LogP contribution in [0.5, 0.6) is 11.5 Å². The minimum Gasteiger partial charge on any atom is -0.495 e. The third kappa shape index (κ3) is 5.49. The highest BCUT2D eigenvalue weighted by Crippen LogP contribution is 2.26.